The van der Waals surface area contributed by atoms with Gasteiger partial charge < -0.3 is 4.57 Å². The van der Waals surface area contributed by atoms with Gasteiger partial charge in [-0.3, -0.25) is 4.98 Å². The van der Waals surface area contributed by atoms with Crippen molar-refractivity contribution >= 4 is 54.4 Å². The lowest BCUT2D eigenvalue weighted by molar-refractivity contribution is 1.17. The molecule has 0 atom stereocenters. The second kappa shape index (κ2) is 11.0. The maximum absolute atomic E-state index is 5.14. The van der Waals surface area contributed by atoms with Crippen LogP contribution in [0, 0.1) is 0 Å². The van der Waals surface area contributed by atoms with Crippen LogP contribution in [0.1, 0.15) is 0 Å². The van der Waals surface area contributed by atoms with Crippen molar-refractivity contribution in [2.24, 2.45) is 0 Å². The molecule has 10 rings (SSSR count). The maximum Gasteiger partial charge on any atom is 0.160 e. The summed E-state index contributed by atoms with van der Waals surface area (Å²) in [5.41, 5.74) is 10.3. The Hall–Kier alpha value is -6.65. The van der Waals surface area contributed by atoms with E-state index in [4.69, 9.17) is 15.0 Å². The largest absolute Gasteiger partial charge is 0.309 e. The first kappa shape index (κ1) is 27.5. The molecule has 3 heterocycles. The summed E-state index contributed by atoms with van der Waals surface area (Å²) < 4.78 is 2.39. The number of fused-ring (bicyclic) bond motifs is 6. The molecule has 0 N–H and O–H groups in total. The van der Waals surface area contributed by atoms with Crippen molar-refractivity contribution in [3.8, 4) is 39.5 Å². The van der Waals surface area contributed by atoms with Gasteiger partial charge in [0, 0.05) is 33.8 Å². The highest BCUT2D eigenvalue weighted by Crippen LogP contribution is 2.40. The van der Waals surface area contributed by atoms with Crippen molar-refractivity contribution in [3.63, 3.8) is 0 Å². The average Bonchev–Trinajstić information content (AvgIpc) is 3.50. The van der Waals surface area contributed by atoms with Crippen molar-refractivity contribution in [1.82, 2.24) is 19.5 Å². The van der Waals surface area contributed by atoms with E-state index in [-0.39, 0.29) is 0 Å². The van der Waals surface area contributed by atoms with Crippen LogP contribution in [0.15, 0.2) is 170 Å². The zero-order chi connectivity index (χ0) is 32.3. The summed E-state index contributed by atoms with van der Waals surface area (Å²) in [4.78, 5) is 14.8. The minimum atomic E-state index is 0.676. The van der Waals surface area contributed by atoms with Gasteiger partial charge in [0.05, 0.1) is 16.6 Å². The number of nitrogens with zero attached hydrogens (tertiary/aromatic N) is 4. The number of rotatable bonds is 4. The molecule has 0 bridgehead atoms. The second-order valence-corrected chi connectivity index (χ2v) is 12.5. The van der Waals surface area contributed by atoms with E-state index in [9.17, 15) is 0 Å². The van der Waals surface area contributed by atoms with Gasteiger partial charge in [-0.15, -0.1) is 0 Å². The summed E-state index contributed by atoms with van der Waals surface area (Å²) in [6.45, 7) is 0. The molecule has 4 nitrogen and oxygen atoms in total. The number of pyridine rings is 1. The Balaban J connectivity index is 1.15. The molecule has 0 aliphatic carbocycles. The number of hydrogen-bond donors (Lipinski definition) is 0. The Morgan fingerprint density at radius 2 is 1.16 bits per heavy atom. The zero-order valence-electron chi connectivity index (χ0n) is 26.5. The summed E-state index contributed by atoms with van der Waals surface area (Å²) in [6, 6.07) is 58.0. The summed E-state index contributed by atoms with van der Waals surface area (Å²) in [7, 11) is 0. The highest BCUT2D eigenvalue weighted by atomic mass is 15.0. The molecular formula is C45H28N4. The topological polar surface area (TPSA) is 43.6 Å². The van der Waals surface area contributed by atoms with E-state index in [1.54, 1.807) is 0 Å². The Kier molecular flexibility index (Phi) is 6.15. The number of aromatic nitrogens is 4. The predicted octanol–water partition coefficient (Wildman–Crippen LogP) is 11.4. The Labute approximate surface area is 282 Å². The molecule has 0 fully saturated rings. The van der Waals surface area contributed by atoms with E-state index in [0.29, 0.717) is 5.82 Å². The first-order valence-corrected chi connectivity index (χ1v) is 16.5. The molecule has 7 aromatic carbocycles. The van der Waals surface area contributed by atoms with Crippen LogP contribution in [0.5, 0.6) is 0 Å². The van der Waals surface area contributed by atoms with E-state index in [0.717, 1.165) is 33.5 Å². The number of benzene rings is 7. The molecule has 0 unspecified atom stereocenters. The normalized spacial score (nSPS) is 11.7. The van der Waals surface area contributed by atoms with Crippen LogP contribution >= 0.6 is 0 Å². The van der Waals surface area contributed by atoms with Crippen LogP contribution in [-0.4, -0.2) is 19.5 Å². The third kappa shape index (κ3) is 4.49. The van der Waals surface area contributed by atoms with Crippen LogP contribution in [-0.2, 0) is 0 Å². The van der Waals surface area contributed by atoms with Crippen LogP contribution in [0.2, 0.25) is 0 Å². The molecule has 0 radical (unpaired) electrons. The molecule has 0 saturated heterocycles. The van der Waals surface area contributed by atoms with Crippen LogP contribution in [0.4, 0.5) is 0 Å². The molecule has 3 aromatic heterocycles. The Morgan fingerprint density at radius 3 is 1.98 bits per heavy atom. The fourth-order valence-corrected chi connectivity index (χ4v) is 7.28. The highest BCUT2D eigenvalue weighted by molar-refractivity contribution is 6.18. The third-order valence-corrected chi connectivity index (χ3v) is 9.60. The Morgan fingerprint density at radius 1 is 0.449 bits per heavy atom. The van der Waals surface area contributed by atoms with Crippen molar-refractivity contribution in [2.75, 3.05) is 0 Å². The van der Waals surface area contributed by atoms with Gasteiger partial charge in [-0.1, -0.05) is 103 Å². The van der Waals surface area contributed by atoms with Gasteiger partial charge >= 0.3 is 0 Å². The lowest BCUT2D eigenvalue weighted by atomic mass is 9.98. The SMILES string of the molecule is c1ccc(-c2cccc3c2c2cc4ccccc4cc2n3-c2ccc(-c3nc(-c4ccc5ccccc5c4)c4ncccc4n3)cc2)cc1. The van der Waals surface area contributed by atoms with Gasteiger partial charge in [-0.2, -0.15) is 0 Å². The van der Waals surface area contributed by atoms with Crippen molar-refractivity contribution in [3.05, 3.63) is 170 Å². The lowest BCUT2D eigenvalue weighted by Gasteiger charge is -2.12. The fraction of sp³-hybridized carbons (Fsp3) is 0. The van der Waals surface area contributed by atoms with E-state index in [1.807, 2.05) is 18.3 Å². The van der Waals surface area contributed by atoms with Crippen molar-refractivity contribution in [1.29, 1.82) is 0 Å². The van der Waals surface area contributed by atoms with Gasteiger partial charge in [-0.25, -0.2) is 9.97 Å². The molecule has 0 aliphatic heterocycles. The second-order valence-electron chi connectivity index (χ2n) is 12.5. The van der Waals surface area contributed by atoms with Crippen LogP contribution < -0.4 is 0 Å². The van der Waals surface area contributed by atoms with Crippen LogP contribution in [0.25, 0.3) is 93.8 Å². The number of hydrogen-bond acceptors (Lipinski definition) is 3. The molecule has 0 amide bonds. The molecule has 4 heteroatoms. The lowest BCUT2D eigenvalue weighted by Crippen LogP contribution is -1.98. The Bertz CT molecular complexity index is 2870. The predicted molar refractivity (Wildman–Crippen MR) is 203 cm³/mol. The first-order chi connectivity index (χ1) is 24.3. The summed E-state index contributed by atoms with van der Waals surface area (Å²) in [5, 5.41) is 7.31. The molecule has 0 aliphatic rings. The molecular weight excluding hydrogens is 597 g/mol. The standard InChI is InChI=1S/C45H28N4/c1-2-11-30(12-3-1)37-16-8-18-40-42(37)38-27-33-14-6-7-15-34(33)28-41(38)49(40)36-23-21-31(22-24-36)45-47-39-17-9-25-46-44(39)43(48-45)35-20-19-29-10-4-5-13-32(29)26-35/h1-28H. The molecule has 49 heavy (non-hydrogen) atoms. The van der Waals surface area contributed by atoms with E-state index in [1.165, 1.54) is 54.5 Å². The molecule has 228 valence electrons. The summed E-state index contributed by atoms with van der Waals surface area (Å²) in [6.07, 6.45) is 1.81. The average molecular weight is 625 g/mol. The van der Waals surface area contributed by atoms with Gasteiger partial charge in [-0.05, 0) is 93.3 Å². The fourth-order valence-electron chi connectivity index (χ4n) is 7.28. The van der Waals surface area contributed by atoms with E-state index < -0.39 is 0 Å². The van der Waals surface area contributed by atoms with Gasteiger partial charge in [0.15, 0.2) is 5.82 Å². The van der Waals surface area contributed by atoms with Crippen LogP contribution in [0.3, 0.4) is 0 Å². The monoisotopic (exact) mass is 624 g/mol. The highest BCUT2D eigenvalue weighted by Gasteiger charge is 2.18. The molecule has 0 saturated carbocycles. The quantitative estimate of drug-likeness (QED) is 0.196. The van der Waals surface area contributed by atoms with Crippen molar-refractivity contribution < 1.29 is 0 Å². The first-order valence-electron chi connectivity index (χ1n) is 16.5. The zero-order valence-corrected chi connectivity index (χ0v) is 26.5. The molecule has 0 spiro atoms. The van der Waals surface area contributed by atoms with E-state index >= 15 is 0 Å². The summed E-state index contributed by atoms with van der Waals surface area (Å²) >= 11 is 0. The van der Waals surface area contributed by atoms with Crippen molar-refractivity contribution in [2.45, 2.75) is 0 Å². The van der Waals surface area contributed by atoms with E-state index in [2.05, 4.69) is 156 Å². The summed E-state index contributed by atoms with van der Waals surface area (Å²) in [5.74, 6) is 0.676. The smallest absolute Gasteiger partial charge is 0.160 e. The van der Waals surface area contributed by atoms with Gasteiger partial charge in [0.25, 0.3) is 0 Å². The molecule has 10 aromatic rings. The minimum absolute atomic E-state index is 0.676. The van der Waals surface area contributed by atoms with Gasteiger partial charge in [0.1, 0.15) is 11.2 Å². The minimum Gasteiger partial charge on any atom is -0.309 e. The maximum atomic E-state index is 5.14. The third-order valence-electron chi connectivity index (χ3n) is 9.60. The van der Waals surface area contributed by atoms with Gasteiger partial charge in [0.2, 0.25) is 0 Å².